The van der Waals surface area contributed by atoms with E-state index < -0.39 is 0 Å². The van der Waals surface area contributed by atoms with Gasteiger partial charge >= 0.3 is 23.1 Å². The third-order valence-electron chi connectivity index (χ3n) is 0. The van der Waals surface area contributed by atoms with Crippen molar-refractivity contribution < 1.29 is 17.1 Å². The van der Waals surface area contributed by atoms with Crippen molar-refractivity contribution in [1.82, 2.24) is 0 Å². The Labute approximate surface area is 84.8 Å². The summed E-state index contributed by atoms with van der Waals surface area (Å²) in [4.78, 5) is 0. The summed E-state index contributed by atoms with van der Waals surface area (Å²) < 4.78 is 0. The molecule has 0 amide bonds. The van der Waals surface area contributed by atoms with Gasteiger partial charge in [0, 0.05) is 17.1 Å². The van der Waals surface area contributed by atoms with E-state index in [1.165, 1.54) is 0 Å². The molecule has 0 aromatic heterocycles. The third-order valence-corrected chi connectivity index (χ3v) is 0. The Morgan fingerprint density at radius 1 is 0.800 bits per heavy atom. The van der Waals surface area contributed by atoms with E-state index >= 15 is 0 Å². The van der Waals surface area contributed by atoms with Gasteiger partial charge in [-0.25, -0.2) is 0 Å². The topological polar surface area (TPSA) is 0 Å². The van der Waals surface area contributed by atoms with Gasteiger partial charge in [-0.1, -0.05) is 0 Å². The minimum absolute atomic E-state index is 0. The first-order valence-electron chi connectivity index (χ1n) is 0. The molecule has 1 radical (unpaired) electrons. The van der Waals surface area contributed by atoms with Gasteiger partial charge in [0.25, 0.3) is 0 Å². The third kappa shape index (κ3) is 20.8. The van der Waals surface area contributed by atoms with Crippen molar-refractivity contribution >= 4 is 68.7 Å². The SMILES string of the molecule is [AlH3].[AlH3].[MgH2].[Mn].[SiH4]. The monoisotopic (exact) mass is 173 g/mol. The maximum Gasteiger partial charge on any atom is 0.316 e. The van der Waals surface area contributed by atoms with E-state index in [4.69, 9.17) is 0 Å². The largest absolute Gasteiger partial charge is 0.316 e. The van der Waals surface area contributed by atoms with Crippen molar-refractivity contribution in [3.8, 4) is 0 Å². The van der Waals surface area contributed by atoms with Gasteiger partial charge in [-0.3, -0.25) is 0 Å². The molecule has 0 saturated heterocycles. The molecule has 0 aliphatic rings. The molecule has 5 heavy (non-hydrogen) atoms. The van der Waals surface area contributed by atoms with Gasteiger partial charge in [0.15, 0.2) is 34.7 Å². The van der Waals surface area contributed by atoms with E-state index in [0.717, 1.165) is 0 Å². The fourth-order valence-electron chi connectivity index (χ4n) is 0. The average Bonchev–Trinajstić information content (AvgIpc) is 0. The summed E-state index contributed by atoms with van der Waals surface area (Å²) in [5.74, 6) is 0. The van der Waals surface area contributed by atoms with Crippen LogP contribution in [0.3, 0.4) is 0 Å². The van der Waals surface area contributed by atoms with Crippen LogP contribution < -0.4 is 0 Å². The molecule has 0 aromatic carbocycles. The average molecular weight is 173 g/mol. The first-order valence-corrected chi connectivity index (χ1v) is 0. The molecule has 0 heterocycles. The fraction of sp³-hybridized carbons (Fsp3) is 0. The van der Waals surface area contributed by atoms with Crippen LogP contribution in [0.4, 0.5) is 0 Å². The summed E-state index contributed by atoms with van der Waals surface area (Å²) in [5.41, 5.74) is 0. The fourth-order valence-corrected chi connectivity index (χ4v) is 0. The molecule has 0 atom stereocenters. The Morgan fingerprint density at radius 2 is 0.800 bits per heavy atom. The van der Waals surface area contributed by atoms with E-state index in [1.54, 1.807) is 0 Å². The second-order valence-electron chi connectivity index (χ2n) is 0. The van der Waals surface area contributed by atoms with Crippen LogP contribution in [0, 0.1) is 0 Å². The Morgan fingerprint density at radius 3 is 0.800 bits per heavy atom. The second-order valence-corrected chi connectivity index (χ2v) is 0. The molecular formula is H12Al2MgMnSi. The Hall–Kier alpha value is 2.57. The zero-order chi connectivity index (χ0) is 0. The predicted octanol–water partition coefficient (Wildman–Crippen LogP) is -4.74. The molecule has 0 nitrogen and oxygen atoms in total. The number of hydrogen-bond donors (Lipinski definition) is 0. The molecular weight excluding hydrogens is 161 g/mol. The number of hydrogen-bond acceptors (Lipinski definition) is 0. The van der Waals surface area contributed by atoms with Crippen molar-refractivity contribution in [2.45, 2.75) is 0 Å². The van der Waals surface area contributed by atoms with E-state index in [0.29, 0.717) is 0 Å². The van der Waals surface area contributed by atoms with Gasteiger partial charge in [-0.05, 0) is 11.0 Å². The van der Waals surface area contributed by atoms with Crippen LogP contribution in [0.15, 0.2) is 0 Å². The molecule has 31 valence electrons. The van der Waals surface area contributed by atoms with E-state index in [9.17, 15) is 0 Å². The van der Waals surface area contributed by atoms with Gasteiger partial charge in [0.05, 0.1) is 0 Å². The minimum Gasteiger partial charge on any atom is -0.0149 e. The van der Waals surface area contributed by atoms with Gasteiger partial charge in [0.1, 0.15) is 0 Å². The van der Waals surface area contributed by atoms with Crippen molar-refractivity contribution in [3.05, 3.63) is 0 Å². The summed E-state index contributed by atoms with van der Waals surface area (Å²) >= 11 is 0. The Balaban J connectivity index is 0. The molecule has 0 saturated carbocycles. The summed E-state index contributed by atoms with van der Waals surface area (Å²) in [5, 5.41) is 0. The number of rotatable bonds is 0. The van der Waals surface area contributed by atoms with Crippen LogP contribution in [0.5, 0.6) is 0 Å². The molecule has 0 aliphatic carbocycles. The molecule has 0 spiro atoms. The quantitative estimate of drug-likeness (QED) is 0.323. The van der Waals surface area contributed by atoms with Crippen LogP contribution in [-0.2, 0) is 17.1 Å². The van der Waals surface area contributed by atoms with Gasteiger partial charge < -0.3 is 0 Å². The van der Waals surface area contributed by atoms with Crippen LogP contribution in [-0.4, -0.2) is 68.7 Å². The summed E-state index contributed by atoms with van der Waals surface area (Å²) in [6.07, 6.45) is 0. The van der Waals surface area contributed by atoms with Crippen LogP contribution in [0.2, 0.25) is 0 Å². The zero-order valence-corrected chi connectivity index (χ0v) is 1.56. The molecule has 0 bridgehead atoms. The zero-order valence-electron chi connectivity index (χ0n) is 0.378. The van der Waals surface area contributed by atoms with Gasteiger partial charge in [0.2, 0.25) is 0 Å². The van der Waals surface area contributed by atoms with Crippen molar-refractivity contribution in [1.29, 1.82) is 0 Å². The first kappa shape index (κ1) is 49.5. The molecule has 0 unspecified atom stereocenters. The summed E-state index contributed by atoms with van der Waals surface area (Å²) in [7, 11) is 0. The van der Waals surface area contributed by atoms with Crippen LogP contribution in [0.1, 0.15) is 0 Å². The Kier molecular flexibility index (Phi) is 306. The van der Waals surface area contributed by atoms with Crippen LogP contribution >= 0.6 is 0 Å². The van der Waals surface area contributed by atoms with E-state index in [1.807, 2.05) is 0 Å². The smallest absolute Gasteiger partial charge is 0.0149 e. The molecule has 5 heteroatoms. The maximum absolute atomic E-state index is 0. The predicted molar refractivity (Wildman–Crippen MR) is 39.8 cm³/mol. The maximum atomic E-state index is 0. The van der Waals surface area contributed by atoms with Crippen molar-refractivity contribution in [3.63, 3.8) is 0 Å². The second kappa shape index (κ2) is 30.9. The minimum atomic E-state index is 0. The van der Waals surface area contributed by atoms with Gasteiger partial charge in [-0.2, -0.15) is 0 Å². The van der Waals surface area contributed by atoms with Crippen molar-refractivity contribution in [2.75, 3.05) is 0 Å². The first-order chi connectivity index (χ1) is 0. The molecule has 0 aliphatic heterocycles. The van der Waals surface area contributed by atoms with E-state index in [-0.39, 0.29) is 85.8 Å². The summed E-state index contributed by atoms with van der Waals surface area (Å²) in [6, 6.07) is 0. The summed E-state index contributed by atoms with van der Waals surface area (Å²) in [6.45, 7) is 0. The molecule has 0 fully saturated rings. The molecule has 0 aromatic rings. The van der Waals surface area contributed by atoms with E-state index in [2.05, 4.69) is 0 Å². The molecule has 0 N–H and O–H groups in total. The van der Waals surface area contributed by atoms with Crippen LogP contribution in [0.25, 0.3) is 0 Å². The van der Waals surface area contributed by atoms with Crippen molar-refractivity contribution in [2.24, 2.45) is 0 Å². The molecule has 0 rings (SSSR count). The van der Waals surface area contributed by atoms with Gasteiger partial charge in [-0.15, -0.1) is 0 Å². The Bertz CT molecular complexity index is 9.61. The standard InChI is InChI=1S/2Al.Mg.Mn.H4Si.8H/h;;;;1H4;;;;;;;;. The normalized spacial score (nSPS) is 0.